The fraction of sp³-hybridized carbons (Fsp3) is 0.364. The number of hydrogen-bond donors (Lipinski definition) is 1. The molecular formula is C11H14N2O5. The molecule has 0 aromatic heterocycles. The minimum Gasteiger partial charge on any atom is -0.496 e. The van der Waals surface area contributed by atoms with E-state index in [9.17, 15) is 14.9 Å². The number of benzene rings is 1. The molecule has 0 radical (unpaired) electrons. The summed E-state index contributed by atoms with van der Waals surface area (Å²) in [6, 6.07) is 2.84. The summed E-state index contributed by atoms with van der Waals surface area (Å²) >= 11 is 0. The summed E-state index contributed by atoms with van der Waals surface area (Å²) in [7, 11) is 2.64. The van der Waals surface area contributed by atoms with Crippen LogP contribution < -0.4 is 14.8 Å². The molecule has 7 nitrogen and oxygen atoms in total. The number of rotatable bonds is 5. The zero-order chi connectivity index (χ0) is 13.7. The van der Waals surface area contributed by atoms with Crippen molar-refractivity contribution in [2.75, 3.05) is 20.8 Å². The van der Waals surface area contributed by atoms with Gasteiger partial charge in [0.25, 0.3) is 5.91 Å². The summed E-state index contributed by atoms with van der Waals surface area (Å²) in [4.78, 5) is 22.3. The first-order valence-electron chi connectivity index (χ1n) is 5.24. The Morgan fingerprint density at radius 1 is 1.33 bits per heavy atom. The zero-order valence-corrected chi connectivity index (χ0v) is 10.4. The maximum atomic E-state index is 11.9. The van der Waals surface area contributed by atoms with Crippen molar-refractivity contribution < 1.29 is 19.2 Å². The van der Waals surface area contributed by atoms with Crippen LogP contribution in [-0.2, 0) is 0 Å². The molecule has 0 bridgehead atoms. The summed E-state index contributed by atoms with van der Waals surface area (Å²) < 4.78 is 9.88. The quantitative estimate of drug-likeness (QED) is 0.632. The van der Waals surface area contributed by atoms with Crippen LogP contribution in [0.3, 0.4) is 0 Å². The van der Waals surface area contributed by atoms with Crippen molar-refractivity contribution in [2.45, 2.75) is 6.92 Å². The fourth-order valence-electron chi connectivity index (χ4n) is 1.54. The molecule has 0 aliphatic heterocycles. The van der Waals surface area contributed by atoms with E-state index in [1.54, 1.807) is 6.92 Å². The average molecular weight is 254 g/mol. The molecule has 98 valence electrons. The fourth-order valence-corrected chi connectivity index (χ4v) is 1.54. The van der Waals surface area contributed by atoms with Crippen LogP contribution in [0, 0.1) is 10.1 Å². The van der Waals surface area contributed by atoms with Crippen LogP contribution in [0.15, 0.2) is 12.1 Å². The first-order chi connectivity index (χ1) is 8.56. The molecule has 1 aromatic rings. The van der Waals surface area contributed by atoms with E-state index in [0.717, 1.165) is 0 Å². The maximum absolute atomic E-state index is 11.9. The van der Waals surface area contributed by atoms with Crippen molar-refractivity contribution in [2.24, 2.45) is 0 Å². The average Bonchev–Trinajstić information content (AvgIpc) is 2.36. The van der Waals surface area contributed by atoms with E-state index in [4.69, 9.17) is 9.47 Å². The van der Waals surface area contributed by atoms with Crippen LogP contribution in [0.1, 0.15) is 17.3 Å². The molecular weight excluding hydrogens is 240 g/mol. The van der Waals surface area contributed by atoms with Crippen LogP contribution >= 0.6 is 0 Å². The van der Waals surface area contributed by atoms with E-state index in [0.29, 0.717) is 6.54 Å². The third-order valence-electron chi connectivity index (χ3n) is 2.29. The van der Waals surface area contributed by atoms with Crippen molar-refractivity contribution >= 4 is 11.6 Å². The highest BCUT2D eigenvalue weighted by Gasteiger charge is 2.29. The van der Waals surface area contributed by atoms with E-state index in [2.05, 4.69) is 5.32 Å². The van der Waals surface area contributed by atoms with Crippen LogP contribution in [0.25, 0.3) is 0 Å². The molecule has 18 heavy (non-hydrogen) atoms. The Bertz CT molecular complexity index is 473. The molecule has 0 atom stereocenters. The summed E-state index contributed by atoms with van der Waals surface area (Å²) in [6.45, 7) is 2.08. The monoisotopic (exact) mass is 254 g/mol. The molecule has 0 aliphatic rings. The molecule has 7 heteroatoms. The Kier molecular flexibility index (Phi) is 4.47. The van der Waals surface area contributed by atoms with Crippen molar-refractivity contribution in [1.82, 2.24) is 5.32 Å². The molecule has 0 saturated carbocycles. The van der Waals surface area contributed by atoms with Gasteiger partial charge in [0.15, 0.2) is 11.3 Å². The molecule has 1 N–H and O–H groups in total. The van der Waals surface area contributed by atoms with Gasteiger partial charge in [-0.2, -0.15) is 0 Å². The number of nitrogens with zero attached hydrogens (tertiary/aromatic N) is 1. The Balaban J connectivity index is 3.50. The van der Waals surface area contributed by atoms with Gasteiger partial charge in [0.1, 0.15) is 5.75 Å². The van der Waals surface area contributed by atoms with Gasteiger partial charge in [0, 0.05) is 6.54 Å². The number of carbonyl (C=O) groups excluding carboxylic acids is 1. The van der Waals surface area contributed by atoms with Gasteiger partial charge < -0.3 is 14.8 Å². The summed E-state index contributed by atoms with van der Waals surface area (Å²) in [5.41, 5.74) is -0.536. The van der Waals surface area contributed by atoms with Crippen molar-refractivity contribution in [3.63, 3.8) is 0 Å². The Morgan fingerprint density at radius 2 is 1.89 bits per heavy atom. The van der Waals surface area contributed by atoms with Crippen molar-refractivity contribution in [3.05, 3.63) is 27.8 Å². The number of carbonyl (C=O) groups is 1. The van der Waals surface area contributed by atoms with Gasteiger partial charge in [0.05, 0.1) is 19.1 Å². The van der Waals surface area contributed by atoms with Crippen LogP contribution in [0.5, 0.6) is 11.5 Å². The van der Waals surface area contributed by atoms with E-state index in [-0.39, 0.29) is 17.1 Å². The number of ether oxygens (including phenoxy) is 2. The topological polar surface area (TPSA) is 90.7 Å². The normalized spacial score (nSPS) is 9.72. The summed E-state index contributed by atoms with van der Waals surface area (Å²) in [5, 5.41) is 13.6. The van der Waals surface area contributed by atoms with Gasteiger partial charge in [-0.1, -0.05) is 0 Å². The highest BCUT2D eigenvalue weighted by atomic mass is 16.6. The molecule has 1 amide bonds. The van der Waals surface area contributed by atoms with E-state index in [1.807, 2.05) is 0 Å². The lowest BCUT2D eigenvalue weighted by Crippen LogP contribution is -2.24. The number of hydrogen-bond acceptors (Lipinski definition) is 5. The highest BCUT2D eigenvalue weighted by molar-refractivity contribution is 6.02. The predicted molar refractivity (Wildman–Crippen MR) is 64.2 cm³/mol. The Hall–Kier alpha value is -2.31. The number of nitrogens with one attached hydrogen (secondary N) is 1. The minimum atomic E-state index is -0.661. The van der Waals surface area contributed by atoms with Gasteiger partial charge in [-0.05, 0) is 19.1 Å². The number of nitro benzene ring substituents is 1. The highest BCUT2D eigenvalue weighted by Crippen LogP contribution is 2.36. The summed E-state index contributed by atoms with van der Waals surface area (Å²) in [5.74, 6) is -0.421. The number of nitro groups is 1. The van der Waals surface area contributed by atoms with E-state index in [1.165, 1.54) is 26.4 Å². The second kappa shape index (κ2) is 5.85. The maximum Gasteiger partial charge on any atom is 0.327 e. The second-order valence-corrected chi connectivity index (χ2v) is 3.31. The largest absolute Gasteiger partial charge is 0.496 e. The lowest BCUT2D eigenvalue weighted by atomic mass is 10.1. The SMILES string of the molecule is CCNC(=O)c1c(OC)ccc(OC)c1[N+](=O)[O-]. The Morgan fingerprint density at radius 3 is 2.33 bits per heavy atom. The van der Waals surface area contributed by atoms with Gasteiger partial charge in [-0.15, -0.1) is 0 Å². The third kappa shape index (κ3) is 2.50. The standard InChI is InChI=1S/C11H14N2O5/c1-4-12-11(14)9-7(17-2)5-6-8(18-3)10(9)13(15)16/h5-6H,4H2,1-3H3,(H,12,14). The van der Waals surface area contributed by atoms with Crippen LogP contribution in [0.2, 0.25) is 0 Å². The molecule has 0 aliphatic carbocycles. The van der Waals surface area contributed by atoms with Gasteiger partial charge in [0.2, 0.25) is 0 Å². The zero-order valence-electron chi connectivity index (χ0n) is 10.4. The lowest BCUT2D eigenvalue weighted by Gasteiger charge is -2.11. The van der Waals surface area contributed by atoms with Crippen LogP contribution in [0.4, 0.5) is 5.69 Å². The van der Waals surface area contributed by atoms with Gasteiger partial charge in [-0.3, -0.25) is 14.9 Å². The predicted octanol–water partition coefficient (Wildman–Crippen LogP) is 1.36. The molecule has 0 fully saturated rings. The number of amides is 1. The first-order valence-corrected chi connectivity index (χ1v) is 5.24. The van der Waals surface area contributed by atoms with Crippen molar-refractivity contribution in [3.8, 4) is 11.5 Å². The smallest absolute Gasteiger partial charge is 0.327 e. The van der Waals surface area contributed by atoms with Gasteiger partial charge >= 0.3 is 5.69 Å². The molecule has 1 aromatic carbocycles. The number of methoxy groups -OCH3 is 2. The molecule has 0 heterocycles. The Labute approximate surface area is 104 Å². The van der Waals surface area contributed by atoms with Crippen LogP contribution in [-0.4, -0.2) is 31.6 Å². The molecule has 0 unspecified atom stereocenters. The molecule has 1 rings (SSSR count). The van der Waals surface area contributed by atoms with Gasteiger partial charge in [-0.25, -0.2) is 0 Å². The summed E-state index contributed by atoms with van der Waals surface area (Å²) in [6.07, 6.45) is 0. The molecule has 0 spiro atoms. The lowest BCUT2D eigenvalue weighted by molar-refractivity contribution is -0.386. The minimum absolute atomic E-state index is 0.0158. The van der Waals surface area contributed by atoms with E-state index >= 15 is 0 Å². The third-order valence-corrected chi connectivity index (χ3v) is 2.29. The van der Waals surface area contributed by atoms with Crippen molar-refractivity contribution in [1.29, 1.82) is 0 Å². The van der Waals surface area contributed by atoms with E-state index < -0.39 is 16.5 Å². The molecule has 0 saturated heterocycles. The first kappa shape index (κ1) is 13.8. The second-order valence-electron chi connectivity index (χ2n) is 3.31.